The van der Waals surface area contributed by atoms with Gasteiger partial charge in [-0.15, -0.1) is 5.10 Å². The third-order valence-electron chi connectivity index (χ3n) is 1.39. The van der Waals surface area contributed by atoms with Crippen LogP contribution in [0, 0.1) is 0 Å². The molecule has 0 aliphatic heterocycles. The van der Waals surface area contributed by atoms with E-state index in [0.717, 1.165) is 10.9 Å². The van der Waals surface area contributed by atoms with Crippen LogP contribution in [-0.4, -0.2) is 10.1 Å². The monoisotopic (exact) mass is 136 g/mol. The van der Waals surface area contributed by atoms with Gasteiger partial charge in [-0.05, 0) is 0 Å². The van der Waals surface area contributed by atoms with E-state index in [1.165, 1.54) is 6.07 Å². The molecule has 0 aromatic carbocycles. The summed E-state index contributed by atoms with van der Waals surface area (Å²) in [6.45, 7) is 0. The van der Waals surface area contributed by atoms with E-state index in [4.69, 9.17) is 0 Å². The summed E-state index contributed by atoms with van der Waals surface area (Å²) in [5.74, 6) is 0. The molecule has 0 unspecified atom stereocenters. The molecule has 0 aliphatic rings. The van der Waals surface area contributed by atoms with Gasteiger partial charge in [0.15, 0.2) is 0 Å². The quantitative estimate of drug-likeness (QED) is 0.511. The molecule has 0 saturated heterocycles. The van der Waals surface area contributed by atoms with Crippen LogP contribution in [0.4, 0.5) is 0 Å². The van der Waals surface area contributed by atoms with Gasteiger partial charge in [-0.25, -0.2) is 0 Å². The molecular formula is C6H6N3O+. The van der Waals surface area contributed by atoms with Crippen molar-refractivity contribution in [3.05, 3.63) is 28.8 Å². The molecule has 0 aliphatic carbocycles. The van der Waals surface area contributed by atoms with Gasteiger partial charge < -0.3 is 4.98 Å². The maximum absolute atomic E-state index is 10.7. The van der Waals surface area contributed by atoms with Crippen LogP contribution in [0.2, 0.25) is 0 Å². The molecule has 50 valence electrons. The molecule has 0 atom stereocenters. The number of nitrogens with one attached hydrogen (secondary N) is 3. The lowest BCUT2D eigenvalue weighted by molar-refractivity contribution is -0.446. The Labute approximate surface area is 55.9 Å². The number of fused-ring (bicyclic) bond motifs is 1. The van der Waals surface area contributed by atoms with Gasteiger partial charge in [-0.2, -0.15) is 5.10 Å². The minimum atomic E-state index is -0.0829. The van der Waals surface area contributed by atoms with E-state index < -0.39 is 0 Å². The van der Waals surface area contributed by atoms with Crippen LogP contribution in [0.3, 0.4) is 0 Å². The molecule has 2 rings (SSSR count). The van der Waals surface area contributed by atoms with E-state index >= 15 is 0 Å². The van der Waals surface area contributed by atoms with Gasteiger partial charge in [0, 0.05) is 12.3 Å². The first-order chi connectivity index (χ1) is 4.86. The summed E-state index contributed by atoms with van der Waals surface area (Å²) >= 11 is 0. The molecule has 2 heterocycles. The van der Waals surface area contributed by atoms with Crippen LogP contribution in [0.15, 0.2) is 23.3 Å². The smallest absolute Gasteiger partial charge is 0.248 e. The summed E-state index contributed by atoms with van der Waals surface area (Å²) in [6, 6.07) is 1.53. The van der Waals surface area contributed by atoms with Gasteiger partial charge >= 0.3 is 0 Å². The molecule has 0 saturated carbocycles. The molecule has 0 amide bonds. The average molecular weight is 136 g/mol. The largest absolute Gasteiger partial charge is 0.327 e. The Kier molecular flexibility index (Phi) is 0.887. The summed E-state index contributed by atoms with van der Waals surface area (Å²) < 4.78 is 0. The SMILES string of the molecule is O=c1cc2c[nH+][nH]c2c[nH]1. The minimum absolute atomic E-state index is 0.0829. The molecule has 2 aromatic rings. The van der Waals surface area contributed by atoms with Crippen molar-refractivity contribution in [2.75, 3.05) is 0 Å². The number of rotatable bonds is 0. The van der Waals surface area contributed by atoms with Crippen molar-refractivity contribution in [3.63, 3.8) is 0 Å². The van der Waals surface area contributed by atoms with Crippen molar-refractivity contribution in [3.8, 4) is 0 Å². The highest BCUT2D eigenvalue weighted by Crippen LogP contribution is 2.00. The Morgan fingerprint density at radius 1 is 1.50 bits per heavy atom. The molecule has 10 heavy (non-hydrogen) atoms. The summed E-state index contributed by atoms with van der Waals surface area (Å²) in [4.78, 5) is 13.3. The van der Waals surface area contributed by atoms with Gasteiger partial charge in [0.25, 0.3) is 0 Å². The summed E-state index contributed by atoms with van der Waals surface area (Å²) in [5.41, 5.74) is 0.820. The van der Waals surface area contributed by atoms with E-state index in [1.807, 2.05) is 0 Å². The van der Waals surface area contributed by atoms with Crippen molar-refractivity contribution in [2.24, 2.45) is 0 Å². The molecular weight excluding hydrogens is 130 g/mol. The number of aromatic nitrogens is 3. The van der Waals surface area contributed by atoms with E-state index in [0.29, 0.717) is 0 Å². The first-order valence-corrected chi connectivity index (χ1v) is 2.94. The number of aromatic amines is 3. The Morgan fingerprint density at radius 3 is 3.30 bits per heavy atom. The highest BCUT2D eigenvalue weighted by Gasteiger charge is 1.97. The standard InChI is InChI=1S/C6H5N3O/c10-6-1-4-2-8-9-5(4)3-7-6/h1-3H,(H,7,10)(H,8,9)/p+1. The van der Waals surface area contributed by atoms with E-state index in [2.05, 4.69) is 15.2 Å². The van der Waals surface area contributed by atoms with E-state index in [9.17, 15) is 4.79 Å². The van der Waals surface area contributed by atoms with Gasteiger partial charge in [-0.3, -0.25) is 4.79 Å². The molecule has 2 aromatic heterocycles. The van der Waals surface area contributed by atoms with Crippen molar-refractivity contribution in [1.29, 1.82) is 0 Å². The van der Waals surface area contributed by atoms with Gasteiger partial charge in [0.1, 0.15) is 5.52 Å². The first kappa shape index (κ1) is 5.22. The van der Waals surface area contributed by atoms with Crippen LogP contribution in [0.25, 0.3) is 10.9 Å². The van der Waals surface area contributed by atoms with Crippen LogP contribution in [0.5, 0.6) is 0 Å². The molecule has 4 heteroatoms. The fourth-order valence-corrected chi connectivity index (χ4v) is 0.907. The zero-order chi connectivity index (χ0) is 6.97. The summed E-state index contributed by atoms with van der Waals surface area (Å²) in [6.07, 6.45) is 3.37. The Bertz CT molecular complexity index is 400. The lowest BCUT2D eigenvalue weighted by atomic mass is 10.3. The predicted octanol–water partition coefficient (Wildman–Crippen LogP) is -0.330. The fraction of sp³-hybridized carbons (Fsp3) is 0. The number of hydrogen-bond donors (Lipinski definition) is 2. The highest BCUT2D eigenvalue weighted by molar-refractivity contribution is 5.74. The second-order valence-electron chi connectivity index (χ2n) is 2.08. The number of H-pyrrole nitrogens is 3. The number of hydrogen-bond acceptors (Lipinski definition) is 1. The van der Waals surface area contributed by atoms with Gasteiger partial charge in [-0.1, -0.05) is 0 Å². The first-order valence-electron chi connectivity index (χ1n) is 2.94. The van der Waals surface area contributed by atoms with Crippen molar-refractivity contribution in [1.82, 2.24) is 10.1 Å². The minimum Gasteiger partial charge on any atom is -0.327 e. The second kappa shape index (κ2) is 1.70. The zero-order valence-electron chi connectivity index (χ0n) is 5.14. The molecule has 0 fully saturated rings. The molecule has 3 N–H and O–H groups in total. The molecule has 0 spiro atoms. The van der Waals surface area contributed by atoms with Crippen LogP contribution >= 0.6 is 0 Å². The highest BCUT2D eigenvalue weighted by atomic mass is 16.1. The topological polar surface area (TPSA) is 62.8 Å². The maximum Gasteiger partial charge on any atom is 0.248 e. The van der Waals surface area contributed by atoms with Crippen LogP contribution in [-0.2, 0) is 0 Å². The van der Waals surface area contributed by atoms with Gasteiger partial charge in [0.2, 0.25) is 11.8 Å². The Hall–Kier alpha value is -1.58. The van der Waals surface area contributed by atoms with Crippen molar-refractivity contribution >= 4 is 10.9 Å². The van der Waals surface area contributed by atoms with Gasteiger partial charge in [0.05, 0.1) is 5.39 Å². The molecule has 0 radical (unpaired) electrons. The Balaban J connectivity index is 2.99. The van der Waals surface area contributed by atoms with Crippen molar-refractivity contribution in [2.45, 2.75) is 0 Å². The summed E-state index contributed by atoms with van der Waals surface area (Å²) in [5, 5.41) is 6.52. The van der Waals surface area contributed by atoms with Crippen molar-refractivity contribution < 1.29 is 5.10 Å². The van der Waals surface area contributed by atoms with Crippen LogP contribution < -0.4 is 10.7 Å². The normalized spacial score (nSPS) is 10.4. The zero-order valence-corrected chi connectivity index (χ0v) is 5.14. The average Bonchev–Trinajstić information content (AvgIpc) is 2.33. The maximum atomic E-state index is 10.7. The van der Waals surface area contributed by atoms with E-state index in [1.54, 1.807) is 12.4 Å². The van der Waals surface area contributed by atoms with E-state index in [-0.39, 0.29) is 5.56 Å². The predicted molar refractivity (Wildman–Crippen MR) is 35.5 cm³/mol. The second-order valence-corrected chi connectivity index (χ2v) is 2.08. The lowest BCUT2D eigenvalue weighted by Gasteiger charge is -1.79. The fourth-order valence-electron chi connectivity index (χ4n) is 0.907. The lowest BCUT2D eigenvalue weighted by Crippen LogP contribution is -2.00. The third-order valence-corrected chi connectivity index (χ3v) is 1.39. The molecule has 4 nitrogen and oxygen atoms in total. The van der Waals surface area contributed by atoms with Crippen LogP contribution in [0.1, 0.15) is 0 Å². The third kappa shape index (κ3) is 0.621. The summed E-state index contributed by atoms with van der Waals surface area (Å²) in [7, 11) is 0. The Morgan fingerprint density at radius 2 is 2.40 bits per heavy atom. The molecule has 0 bridgehead atoms. The number of pyridine rings is 1.